The summed E-state index contributed by atoms with van der Waals surface area (Å²) in [5.74, 6) is 0. The van der Waals surface area contributed by atoms with E-state index in [2.05, 4.69) is 41.3 Å². The van der Waals surface area contributed by atoms with Crippen molar-refractivity contribution in [2.75, 3.05) is 7.05 Å². The van der Waals surface area contributed by atoms with Gasteiger partial charge in [0, 0.05) is 31.4 Å². The lowest BCUT2D eigenvalue weighted by atomic mass is 10.2. The van der Waals surface area contributed by atoms with Crippen LogP contribution in [0.15, 0.2) is 18.5 Å². The zero-order chi connectivity index (χ0) is 11.1. The van der Waals surface area contributed by atoms with Crippen molar-refractivity contribution in [2.24, 2.45) is 0 Å². The standard InChI is InChI=1S/C12H19N3/c1-11(14-2)12-6-9-15(10-12)8-5-3-4-7-13/h6,9-11,14H,3-5,8H2,1-2H3. The predicted octanol–water partition coefficient (Wildman–Crippen LogP) is 2.46. The van der Waals surface area contributed by atoms with Crippen molar-refractivity contribution in [3.63, 3.8) is 0 Å². The van der Waals surface area contributed by atoms with Gasteiger partial charge in [0.05, 0.1) is 6.07 Å². The molecule has 0 saturated heterocycles. The minimum atomic E-state index is 0.408. The maximum atomic E-state index is 8.41. The summed E-state index contributed by atoms with van der Waals surface area (Å²) >= 11 is 0. The predicted molar refractivity (Wildman–Crippen MR) is 61.4 cm³/mol. The molecule has 1 heterocycles. The van der Waals surface area contributed by atoms with Gasteiger partial charge in [0.15, 0.2) is 0 Å². The molecule has 0 aliphatic rings. The van der Waals surface area contributed by atoms with E-state index >= 15 is 0 Å². The molecule has 0 amide bonds. The summed E-state index contributed by atoms with van der Waals surface area (Å²) in [5, 5.41) is 11.6. The number of hydrogen-bond acceptors (Lipinski definition) is 2. The summed E-state index contributed by atoms with van der Waals surface area (Å²) in [6.45, 7) is 3.16. The van der Waals surface area contributed by atoms with E-state index in [4.69, 9.17) is 5.26 Å². The topological polar surface area (TPSA) is 40.8 Å². The Labute approximate surface area is 91.7 Å². The molecule has 3 nitrogen and oxygen atoms in total. The zero-order valence-electron chi connectivity index (χ0n) is 9.53. The second kappa shape index (κ2) is 6.26. The minimum absolute atomic E-state index is 0.408. The molecular weight excluding hydrogens is 186 g/mol. The first-order chi connectivity index (χ1) is 7.27. The molecule has 0 aromatic carbocycles. The Balaban J connectivity index is 2.36. The highest BCUT2D eigenvalue weighted by atomic mass is 14.9. The molecule has 0 aliphatic heterocycles. The van der Waals surface area contributed by atoms with Crippen molar-refractivity contribution in [2.45, 2.75) is 38.8 Å². The largest absolute Gasteiger partial charge is 0.354 e. The third-order valence-corrected chi connectivity index (χ3v) is 2.66. The van der Waals surface area contributed by atoms with Gasteiger partial charge in [0.1, 0.15) is 0 Å². The van der Waals surface area contributed by atoms with E-state index in [0.717, 1.165) is 19.4 Å². The van der Waals surface area contributed by atoms with E-state index in [9.17, 15) is 0 Å². The van der Waals surface area contributed by atoms with Crippen LogP contribution in [0.4, 0.5) is 0 Å². The lowest BCUT2D eigenvalue weighted by Gasteiger charge is -2.07. The van der Waals surface area contributed by atoms with Crippen LogP contribution >= 0.6 is 0 Å². The van der Waals surface area contributed by atoms with Crippen molar-refractivity contribution >= 4 is 0 Å². The van der Waals surface area contributed by atoms with Gasteiger partial charge < -0.3 is 9.88 Å². The Kier molecular flexibility index (Phi) is 4.92. The van der Waals surface area contributed by atoms with Gasteiger partial charge in [-0.3, -0.25) is 0 Å². The summed E-state index contributed by atoms with van der Waals surface area (Å²) in [6.07, 6.45) is 7.02. The highest BCUT2D eigenvalue weighted by Crippen LogP contribution is 2.12. The van der Waals surface area contributed by atoms with Crippen LogP contribution in [0.1, 0.15) is 37.8 Å². The Morgan fingerprint density at radius 1 is 1.53 bits per heavy atom. The highest BCUT2D eigenvalue weighted by molar-refractivity contribution is 5.14. The van der Waals surface area contributed by atoms with E-state index in [-0.39, 0.29) is 0 Å². The van der Waals surface area contributed by atoms with Crippen LogP contribution in [0.5, 0.6) is 0 Å². The van der Waals surface area contributed by atoms with Crippen molar-refractivity contribution in [1.29, 1.82) is 5.26 Å². The number of hydrogen-bond donors (Lipinski definition) is 1. The highest BCUT2D eigenvalue weighted by Gasteiger charge is 2.03. The molecule has 15 heavy (non-hydrogen) atoms. The minimum Gasteiger partial charge on any atom is -0.354 e. The molecule has 82 valence electrons. The van der Waals surface area contributed by atoms with Gasteiger partial charge in [-0.2, -0.15) is 5.26 Å². The molecule has 0 saturated carbocycles. The molecule has 3 heteroatoms. The molecule has 0 aliphatic carbocycles. The first kappa shape index (κ1) is 11.8. The smallest absolute Gasteiger partial charge is 0.0621 e. The summed E-state index contributed by atoms with van der Waals surface area (Å²) in [4.78, 5) is 0. The lowest BCUT2D eigenvalue weighted by molar-refractivity contribution is 0.609. The number of aromatic nitrogens is 1. The average Bonchev–Trinajstić information content (AvgIpc) is 2.72. The Bertz CT molecular complexity index is 322. The maximum Gasteiger partial charge on any atom is 0.0621 e. The van der Waals surface area contributed by atoms with Crippen molar-refractivity contribution in [3.8, 4) is 6.07 Å². The molecule has 0 fully saturated rings. The molecular formula is C12H19N3. The van der Waals surface area contributed by atoms with Gasteiger partial charge in [-0.15, -0.1) is 0 Å². The Hall–Kier alpha value is -1.27. The summed E-state index contributed by atoms with van der Waals surface area (Å²) < 4.78 is 2.19. The summed E-state index contributed by atoms with van der Waals surface area (Å²) in [5.41, 5.74) is 1.32. The third-order valence-electron chi connectivity index (χ3n) is 2.66. The van der Waals surface area contributed by atoms with E-state index in [1.54, 1.807) is 0 Å². The van der Waals surface area contributed by atoms with Crippen LogP contribution < -0.4 is 5.32 Å². The van der Waals surface area contributed by atoms with E-state index in [1.807, 2.05) is 7.05 Å². The number of nitrogens with one attached hydrogen (secondary N) is 1. The van der Waals surface area contributed by atoms with E-state index in [1.165, 1.54) is 5.56 Å². The third kappa shape index (κ3) is 3.77. The number of rotatable bonds is 6. The molecule has 1 rings (SSSR count). The van der Waals surface area contributed by atoms with Crippen LogP contribution in [0, 0.1) is 11.3 Å². The van der Waals surface area contributed by atoms with E-state index < -0.39 is 0 Å². The normalized spacial score (nSPS) is 12.3. The zero-order valence-corrected chi connectivity index (χ0v) is 9.53. The van der Waals surface area contributed by atoms with Crippen LogP contribution in [0.2, 0.25) is 0 Å². The second-order valence-corrected chi connectivity index (χ2v) is 3.81. The molecule has 1 aromatic rings. The first-order valence-electron chi connectivity index (χ1n) is 5.48. The number of unbranched alkanes of at least 4 members (excludes halogenated alkanes) is 2. The van der Waals surface area contributed by atoms with Gasteiger partial charge in [-0.05, 0) is 38.4 Å². The Morgan fingerprint density at radius 2 is 2.33 bits per heavy atom. The maximum absolute atomic E-state index is 8.41. The summed E-state index contributed by atoms with van der Waals surface area (Å²) in [7, 11) is 1.97. The van der Waals surface area contributed by atoms with Gasteiger partial charge in [0.25, 0.3) is 0 Å². The monoisotopic (exact) mass is 205 g/mol. The molecule has 0 bridgehead atoms. The van der Waals surface area contributed by atoms with Crippen LogP contribution in [0.25, 0.3) is 0 Å². The van der Waals surface area contributed by atoms with Gasteiger partial charge in [-0.1, -0.05) is 0 Å². The van der Waals surface area contributed by atoms with Crippen LogP contribution in [-0.2, 0) is 6.54 Å². The van der Waals surface area contributed by atoms with Gasteiger partial charge >= 0.3 is 0 Å². The van der Waals surface area contributed by atoms with E-state index in [0.29, 0.717) is 12.5 Å². The molecule has 0 radical (unpaired) electrons. The number of aryl methyl sites for hydroxylation is 1. The quantitative estimate of drug-likeness (QED) is 0.725. The van der Waals surface area contributed by atoms with Crippen LogP contribution in [-0.4, -0.2) is 11.6 Å². The average molecular weight is 205 g/mol. The molecule has 1 atom stereocenters. The van der Waals surface area contributed by atoms with Crippen molar-refractivity contribution in [3.05, 3.63) is 24.0 Å². The first-order valence-corrected chi connectivity index (χ1v) is 5.48. The number of nitrogens with zero attached hydrogens (tertiary/aromatic N) is 2. The van der Waals surface area contributed by atoms with Crippen molar-refractivity contribution in [1.82, 2.24) is 9.88 Å². The fourth-order valence-corrected chi connectivity index (χ4v) is 1.52. The molecule has 1 unspecified atom stereocenters. The van der Waals surface area contributed by atoms with Gasteiger partial charge in [-0.25, -0.2) is 0 Å². The molecule has 1 N–H and O–H groups in total. The number of nitriles is 1. The Morgan fingerprint density at radius 3 is 3.00 bits per heavy atom. The fraction of sp³-hybridized carbons (Fsp3) is 0.583. The lowest BCUT2D eigenvalue weighted by Crippen LogP contribution is -2.11. The second-order valence-electron chi connectivity index (χ2n) is 3.81. The SMILES string of the molecule is CNC(C)c1ccn(CCCCC#N)c1. The summed E-state index contributed by atoms with van der Waals surface area (Å²) in [6, 6.07) is 4.72. The molecule has 0 spiro atoms. The van der Waals surface area contributed by atoms with Crippen molar-refractivity contribution < 1.29 is 0 Å². The van der Waals surface area contributed by atoms with Crippen LogP contribution in [0.3, 0.4) is 0 Å². The molecule has 1 aromatic heterocycles. The van der Waals surface area contributed by atoms with Gasteiger partial charge in [0.2, 0.25) is 0 Å². The fourth-order valence-electron chi connectivity index (χ4n) is 1.52.